The van der Waals surface area contributed by atoms with Crippen LogP contribution < -0.4 is 15.4 Å². The van der Waals surface area contributed by atoms with Crippen LogP contribution in [0.15, 0.2) is 72.8 Å². The van der Waals surface area contributed by atoms with Crippen molar-refractivity contribution in [2.45, 2.75) is 45.2 Å². The van der Waals surface area contributed by atoms with Crippen LogP contribution in [0.3, 0.4) is 0 Å². The molecular formula is C29H29F3N2O5. The molecule has 0 unspecified atom stereocenters. The number of rotatable bonds is 9. The number of esters is 1. The summed E-state index contributed by atoms with van der Waals surface area (Å²) in [7, 11) is 0. The summed E-state index contributed by atoms with van der Waals surface area (Å²) in [4.78, 5) is 36.0. The number of para-hydroxylation sites is 1. The van der Waals surface area contributed by atoms with Gasteiger partial charge in [0.05, 0.1) is 17.7 Å². The number of halogens is 3. The molecule has 0 heterocycles. The smallest absolute Gasteiger partial charge is 0.418 e. The zero-order chi connectivity index (χ0) is 28.6. The van der Waals surface area contributed by atoms with Crippen LogP contribution in [-0.4, -0.2) is 24.4 Å². The maximum Gasteiger partial charge on any atom is 0.418 e. The van der Waals surface area contributed by atoms with E-state index in [1.54, 1.807) is 24.3 Å². The minimum Gasteiger partial charge on any atom is -0.457 e. The molecule has 0 spiro atoms. The van der Waals surface area contributed by atoms with E-state index in [4.69, 9.17) is 9.47 Å². The fraction of sp³-hybridized carbons (Fsp3) is 0.276. The number of alkyl halides is 3. The number of benzene rings is 3. The average Bonchev–Trinajstić information content (AvgIpc) is 2.87. The van der Waals surface area contributed by atoms with Crippen molar-refractivity contribution < 1.29 is 37.0 Å². The van der Waals surface area contributed by atoms with Gasteiger partial charge in [-0.05, 0) is 59.5 Å². The van der Waals surface area contributed by atoms with Gasteiger partial charge < -0.3 is 20.1 Å². The average molecular weight is 543 g/mol. The molecule has 3 aromatic rings. The molecule has 0 aliphatic heterocycles. The lowest BCUT2D eigenvalue weighted by atomic mass is 9.87. The Bertz CT molecular complexity index is 1300. The summed E-state index contributed by atoms with van der Waals surface area (Å²) >= 11 is 0. The van der Waals surface area contributed by atoms with Crippen molar-refractivity contribution in [2.75, 3.05) is 17.2 Å². The van der Waals surface area contributed by atoms with Crippen molar-refractivity contribution in [3.8, 4) is 11.5 Å². The van der Waals surface area contributed by atoms with Crippen LogP contribution >= 0.6 is 0 Å². The van der Waals surface area contributed by atoms with Gasteiger partial charge in [-0.1, -0.05) is 45.0 Å². The molecule has 3 aromatic carbocycles. The van der Waals surface area contributed by atoms with Crippen LogP contribution in [0.1, 0.15) is 44.7 Å². The van der Waals surface area contributed by atoms with E-state index < -0.39 is 41.8 Å². The van der Waals surface area contributed by atoms with Crippen LogP contribution in [-0.2, 0) is 30.7 Å². The fourth-order valence-electron chi connectivity index (χ4n) is 3.45. The van der Waals surface area contributed by atoms with Gasteiger partial charge in [0.2, 0.25) is 5.91 Å². The minimum absolute atomic E-state index is 0.0380. The molecule has 0 radical (unpaired) electrons. The predicted octanol–water partition coefficient (Wildman–Crippen LogP) is 6.70. The Labute approximate surface area is 224 Å². The van der Waals surface area contributed by atoms with Crippen molar-refractivity contribution in [3.05, 3.63) is 83.9 Å². The third kappa shape index (κ3) is 9.17. The standard InChI is InChI=1S/C29H29F3N2O5/c1-28(2,3)19-8-12-21(13-9-19)39-22-14-10-20(11-15-22)33-25(35)16-17-27(37)38-18-26(36)34-24-7-5-4-6-23(24)29(30,31)32/h4-15H,16-18H2,1-3H3,(H,33,35)(H,34,36). The van der Waals surface area contributed by atoms with E-state index in [9.17, 15) is 27.6 Å². The minimum atomic E-state index is -4.65. The molecule has 3 rings (SSSR count). The molecule has 0 bridgehead atoms. The predicted molar refractivity (Wildman–Crippen MR) is 141 cm³/mol. The molecule has 2 N–H and O–H groups in total. The number of hydrogen-bond donors (Lipinski definition) is 2. The first kappa shape index (κ1) is 29.2. The lowest BCUT2D eigenvalue weighted by Crippen LogP contribution is -2.23. The maximum atomic E-state index is 13.0. The van der Waals surface area contributed by atoms with Crippen molar-refractivity contribution >= 4 is 29.2 Å². The van der Waals surface area contributed by atoms with Crippen LogP contribution in [0.25, 0.3) is 0 Å². The Morgan fingerprint density at radius 1 is 0.744 bits per heavy atom. The fourth-order valence-corrected chi connectivity index (χ4v) is 3.45. The Kier molecular flexibility index (Phi) is 9.34. The van der Waals surface area contributed by atoms with Crippen LogP contribution in [0.2, 0.25) is 0 Å². The summed E-state index contributed by atoms with van der Waals surface area (Å²) < 4.78 is 49.7. The zero-order valence-electron chi connectivity index (χ0n) is 21.7. The molecule has 206 valence electrons. The number of nitrogens with one attached hydrogen (secondary N) is 2. The van der Waals surface area contributed by atoms with E-state index in [0.717, 1.165) is 12.1 Å². The van der Waals surface area contributed by atoms with Crippen molar-refractivity contribution in [1.82, 2.24) is 0 Å². The summed E-state index contributed by atoms with van der Waals surface area (Å²) in [6.07, 6.45) is -5.18. The van der Waals surface area contributed by atoms with E-state index in [-0.39, 0.29) is 18.3 Å². The van der Waals surface area contributed by atoms with Gasteiger partial charge in [0.1, 0.15) is 11.5 Å². The second kappa shape index (κ2) is 12.5. The largest absolute Gasteiger partial charge is 0.457 e. The summed E-state index contributed by atoms with van der Waals surface area (Å²) in [6, 6.07) is 18.9. The quantitative estimate of drug-likeness (QED) is 0.294. The first-order valence-corrected chi connectivity index (χ1v) is 12.1. The number of amides is 2. The van der Waals surface area contributed by atoms with Crippen molar-refractivity contribution in [1.29, 1.82) is 0 Å². The Balaban J connectivity index is 1.40. The highest BCUT2D eigenvalue weighted by molar-refractivity contribution is 5.95. The Morgan fingerprint density at radius 2 is 1.33 bits per heavy atom. The van der Waals surface area contributed by atoms with Gasteiger partial charge in [0.25, 0.3) is 5.91 Å². The van der Waals surface area contributed by atoms with Gasteiger partial charge in [0, 0.05) is 12.1 Å². The van der Waals surface area contributed by atoms with Crippen molar-refractivity contribution in [2.24, 2.45) is 0 Å². The van der Waals surface area contributed by atoms with Gasteiger partial charge >= 0.3 is 12.1 Å². The lowest BCUT2D eigenvalue weighted by Gasteiger charge is -2.19. The molecule has 0 saturated heterocycles. The molecule has 0 aliphatic rings. The van der Waals surface area contributed by atoms with Crippen molar-refractivity contribution in [3.63, 3.8) is 0 Å². The highest BCUT2D eigenvalue weighted by Crippen LogP contribution is 2.34. The number of carbonyl (C=O) groups is 3. The first-order valence-electron chi connectivity index (χ1n) is 12.1. The third-order valence-electron chi connectivity index (χ3n) is 5.52. The SMILES string of the molecule is CC(C)(C)c1ccc(Oc2ccc(NC(=O)CCC(=O)OCC(=O)Nc3ccccc3C(F)(F)F)cc2)cc1. The third-order valence-corrected chi connectivity index (χ3v) is 5.52. The summed E-state index contributed by atoms with van der Waals surface area (Å²) in [5.41, 5.74) is 0.255. The molecule has 39 heavy (non-hydrogen) atoms. The number of ether oxygens (including phenoxy) is 2. The van der Waals surface area contributed by atoms with Crippen LogP contribution in [0, 0.1) is 0 Å². The van der Waals surface area contributed by atoms with E-state index in [0.29, 0.717) is 17.2 Å². The summed E-state index contributed by atoms with van der Waals surface area (Å²) in [5, 5.41) is 4.71. The second-order valence-electron chi connectivity index (χ2n) is 9.70. The number of hydrogen-bond acceptors (Lipinski definition) is 5. The molecule has 7 nitrogen and oxygen atoms in total. The topological polar surface area (TPSA) is 93.7 Å². The molecule has 10 heteroatoms. The molecule has 0 aliphatic carbocycles. The Morgan fingerprint density at radius 3 is 1.92 bits per heavy atom. The monoisotopic (exact) mass is 542 g/mol. The first-order chi connectivity index (χ1) is 18.3. The van der Waals surface area contributed by atoms with Crippen LogP contribution in [0.5, 0.6) is 11.5 Å². The molecule has 0 fully saturated rings. The molecular weight excluding hydrogens is 513 g/mol. The summed E-state index contributed by atoms with van der Waals surface area (Å²) in [5.74, 6) is -0.975. The van der Waals surface area contributed by atoms with E-state index in [1.807, 2.05) is 24.3 Å². The van der Waals surface area contributed by atoms with E-state index >= 15 is 0 Å². The van der Waals surface area contributed by atoms with Gasteiger partial charge in [-0.2, -0.15) is 13.2 Å². The highest BCUT2D eigenvalue weighted by atomic mass is 19.4. The number of carbonyl (C=O) groups excluding carboxylic acids is 3. The molecule has 0 saturated carbocycles. The lowest BCUT2D eigenvalue weighted by molar-refractivity contribution is -0.148. The van der Waals surface area contributed by atoms with E-state index in [2.05, 4.69) is 31.4 Å². The molecule has 0 aromatic heterocycles. The highest BCUT2D eigenvalue weighted by Gasteiger charge is 2.33. The number of anilines is 2. The molecule has 2 amide bonds. The second-order valence-corrected chi connectivity index (χ2v) is 9.70. The molecule has 0 atom stereocenters. The van der Waals surface area contributed by atoms with Crippen LogP contribution in [0.4, 0.5) is 24.5 Å². The maximum absolute atomic E-state index is 13.0. The summed E-state index contributed by atoms with van der Waals surface area (Å²) in [6.45, 7) is 5.60. The zero-order valence-corrected chi connectivity index (χ0v) is 21.7. The Hall–Kier alpha value is -4.34. The van der Waals surface area contributed by atoms with Gasteiger partial charge in [0.15, 0.2) is 6.61 Å². The van der Waals surface area contributed by atoms with Gasteiger partial charge in [-0.3, -0.25) is 14.4 Å². The van der Waals surface area contributed by atoms with Gasteiger partial charge in [-0.25, -0.2) is 0 Å². The van der Waals surface area contributed by atoms with Gasteiger partial charge in [-0.15, -0.1) is 0 Å². The van der Waals surface area contributed by atoms with E-state index in [1.165, 1.54) is 17.7 Å². The normalized spacial score (nSPS) is 11.4.